The number of amides is 3. The highest BCUT2D eigenvalue weighted by atomic mass is 16.2. The number of nitrogens with zero attached hydrogens (tertiary/aromatic N) is 4. The predicted molar refractivity (Wildman–Crippen MR) is 161 cm³/mol. The van der Waals surface area contributed by atoms with E-state index in [9.17, 15) is 9.59 Å². The summed E-state index contributed by atoms with van der Waals surface area (Å²) in [5.74, 6) is -0.0502. The van der Waals surface area contributed by atoms with Crippen LogP contribution in [0.4, 0.5) is 27.5 Å². The maximum absolute atomic E-state index is 12.2. The van der Waals surface area contributed by atoms with Gasteiger partial charge in [0.2, 0.25) is 0 Å². The predicted octanol–water partition coefficient (Wildman–Crippen LogP) is 4.55. The van der Waals surface area contributed by atoms with Gasteiger partial charge in [0, 0.05) is 57.7 Å². The molecule has 2 saturated heterocycles. The second-order valence-corrected chi connectivity index (χ2v) is 10.9. The number of primary amides is 1. The molecule has 3 aromatic rings. The third-order valence-electron chi connectivity index (χ3n) is 7.90. The molecule has 4 N–H and O–H groups in total. The first-order valence-corrected chi connectivity index (χ1v) is 14.1. The van der Waals surface area contributed by atoms with Gasteiger partial charge in [0.15, 0.2) is 5.69 Å². The molecule has 9 nitrogen and oxygen atoms in total. The summed E-state index contributed by atoms with van der Waals surface area (Å²) in [7, 11) is 3.48. The van der Waals surface area contributed by atoms with E-state index in [1.54, 1.807) is 25.2 Å². The molecule has 9 heteroatoms. The Balaban J connectivity index is 1.25. The maximum atomic E-state index is 12.2. The number of anilines is 4. The van der Waals surface area contributed by atoms with Gasteiger partial charge >= 0.3 is 6.03 Å². The van der Waals surface area contributed by atoms with E-state index in [0.717, 1.165) is 56.7 Å². The zero-order valence-corrected chi connectivity index (χ0v) is 23.3. The van der Waals surface area contributed by atoms with Crippen LogP contribution in [-0.4, -0.2) is 68.1 Å². The minimum atomic E-state index is -0.578. The Hall–Kier alpha value is -4.27. The normalized spacial score (nSPS) is 17.8. The number of benzene rings is 2. The molecule has 3 amide bonds. The number of carbonyl (C=O) groups excluding carboxylic acids is 2. The fourth-order valence-electron chi connectivity index (χ4n) is 5.66. The Morgan fingerprint density at radius 2 is 1.65 bits per heavy atom. The van der Waals surface area contributed by atoms with Gasteiger partial charge in [-0.2, -0.15) is 0 Å². The highest BCUT2D eigenvalue weighted by Crippen LogP contribution is 2.32. The molecule has 2 aliphatic rings. The lowest BCUT2D eigenvalue weighted by Crippen LogP contribution is -2.50. The van der Waals surface area contributed by atoms with E-state index < -0.39 is 5.91 Å². The van der Waals surface area contributed by atoms with Gasteiger partial charge in [-0.25, -0.2) is 9.78 Å². The number of rotatable bonds is 7. The molecular formula is C31H39N7O2. The highest BCUT2D eigenvalue weighted by molar-refractivity contribution is 5.97. The summed E-state index contributed by atoms with van der Waals surface area (Å²) in [4.78, 5) is 34.9. The standard InChI is InChI=1S/C31H39N7O2/c1-36(2)31(40)35-25-7-6-16-38(21-25)27-19-28(29(30(32)39)33-20-27)34-24-12-10-22(11-13-24)23-14-17-37(18-15-23)26-8-4-3-5-9-26/h3-5,8-13,19-20,23,25,34H,6-7,14-18,21H2,1-2H3,(H2,32,39)(H,35,40). The summed E-state index contributed by atoms with van der Waals surface area (Å²) in [5, 5.41) is 6.45. The SMILES string of the molecule is CN(C)C(=O)NC1CCCN(c2cnc(C(N)=O)c(Nc3ccc(C4CCN(c5ccccc5)CC4)cc3)c2)C1. The monoisotopic (exact) mass is 541 g/mol. The Morgan fingerprint density at radius 1 is 0.925 bits per heavy atom. The van der Waals surface area contributed by atoms with Crippen LogP contribution < -0.4 is 26.2 Å². The molecule has 2 fully saturated rings. The molecule has 0 aliphatic carbocycles. The first kappa shape index (κ1) is 27.3. The minimum absolute atomic E-state index is 0.0444. The minimum Gasteiger partial charge on any atom is -0.371 e. The topological polar surface area (TPSA) is 107 Å². The van der Waals surface area contributed by atoms with Crippen molar-refractivity contribution in [2.75, 3.05) is 55.4 Å². The Bertz CT molecular complexity index is 1310. The second kappa shape index (κ2) is 12.3. The van der Waals surface area contributed by atoms with Crippen molar-refractivity contribution in [2.24, 2.45) is 5.73 Å². The molecule has 2 aromatic carbocycles. The largest absolute Gasteiger partial charge is 0.371 e. The number of hydrogen-bond acceptors (Lipinski definition) is 6. The molecule has 3 heterocycles. The number of hydrogen-bond donors (Lipinski definition) is 3. The van der Waals surface area contributed by atoms with Crippen LogP contribution in [0.15, 0.2) is 66.9 Å². The molecule has 40 heavy (non-hydrogen) atoms. The summed E-state index contributed by atoms with van der Waals surface area (Å²) in [6, 6.07) is 20.9. The number of nitrogens with one attached hydrogen (secondary N) is 2. The molecule has 1 atom stereocenters. The third kappa shape index (κ3) is 6.47. The van der Waals surface area contributed by atoms with Crippen LogP contribution in [0.5, 0.6) is 0 Å². The van der Waals surface area contributed by atoms with Crippen molar-refractivity contribution in [2.45, 2.75) is 37.6 Å². The van der Waals surface area contributed by atoms with E-state index in [0.29, 0.717) is 18.2 Å². The highest BCUT2D eigenvalue weighted by Gasteiger charge is 2.24. The van der Waals surface area contributed by atoms with Crippen LogP contribution in [0.2, 0.25) is 0 Å². The van der Waals surface area contributed by atoms with E-state index >= 15 is 0 Å². The summed E-state index contributed by atoms with van der Waals surface area (Å²) in [5.41, 5.74) is 10.8. The summed E-state index contributed by atoms with van der Waals surface area (Å²) < 4.78 is 0. The zero-order chi connectivity index (χ0) is 28.1. The molecule has 5 rings (SSSR count). The van der Waals surface area contributed by atoms with E-state index in [4.69, 9.17) is 5.73 Å². The molecule has 0 spiro atoms. The molecule has 1 aromatic heterocycles. The van der Waals surface area contributed by atoms with Gasteiger partial charge in [-0.05, 0) is 67.5 Å². The van der Waals surface area contributed by atoms with Gasteiger partial charge < -0.3 is 31.1 Å². The molecule has 0 saturated carbocycles. The molecule has 1 unspecified atom stereocenters. The maximum Gasteiger partial charge on any atom is 0.317 e. The van der Waals surface area contributed by atoms with E-state index in [1.165, 1.54) is 11.3 Å². The summed E-state index contributed by atoms with van der Waals surface area (Å²) >= 11 is 0. The van der Waals surface area contributed by atoms with Gasteiger partial charge in [-0.3, -0.25) is 4.79 Å². The average Bonchev–Trinajstić information content (AvgIpc) is 2.98. The quantitative estimate of drug-likeness (QED) is 0.405. The number of para-hydroxylation sites is 1. The number of nitrogens with two attached hydrogens (primary N) is 1. The van der Waals surface area contributed by atoms with Gasteiger partial charge in [0.05, 0.1) is 17.6 Å². The van der Waals surface area contributed by atoms with Crippen molar-refractivity contribution in [3.8, 4) is 0 Å². The number of pyridine rings is 1. The van der Waals surface area contributed by atoms with Gasteiger partial charge in [-0.15, -0.1) is 0 Å². The van der Waals surface area contributed by atoms with Crippen LogP contribution in [0, 0.1) is 0 Å². The number of piperidine rings is 2. The molecule has 210 valence electrons. The fourth-order valence-corrected chi connectivity index (χ4v) is 5.66. The molecule has 0 bridgehead atoms. The molecular weight excluding hydrogens is 502 g/mol. The van der Waals surface area contributed by atoms with E-state index in [-0.39, 0.29) is 17.8 Å². The summed E-state index contributed by atoms with van der Waals surface area (Å²) in [6.07, 6.45) is 5.79. The van der Waals surface area contributed by atoms with Gasteiger partial charge in [0.1, 0.15) is 0 Å². The lowest BCUT2D eigenvalue weighted by molar-refractivity contribution is 0.0996. The Labute approximate surface area is 236 Å². The zero-order valence-electron chi connectivity index (χ0n) is 23.3. The van der Waals surface area contributed by atoms with Crippen molar-refractivity contribution in [3.63, 3.8) is 0 Å². The Kier molecular flexibility index (Phi) is 8.38. The third-order valence-corrected chi connectivity index (χ3v) is 7.90. The van der Waals surface area contributed by atoms with Crippen LogP contribution in [0.25, 0.3) is 0 Å². The van der Waals surface area contributed by atoms with Crippen molar-refractivity contribution in [1.29, 1.82) is 0 Å². The van der Waals surface area contributed by atoms with Gasteiger partial charge in [-0.1, -0.05) is 30.3 Å². The fraction of sp³-hybridized carbons (Fsp3) is 0.387. The summed E-state index contributed by atoms with van der Waals surface area (Å²) in [6.45, 7) is 3.62. The van der Waals surface area contributed by atoms with E-state index in [2.05, 4.69) is 80.0 Å². The lowest BCUT2D eigenvalue weighted by Gasteiger charge is -2.35. The number of carbonyl (C=O) groups is 2. The number of aromatic nitrogens is 1. The van der Waals surface area contributed by atoms with Crippen LogP contribution >= 0.6 is 0 Å². The first-order valence-electron chi connectivity index (χ1n) is 14.1. The second-order valence-electron chi connectivity index (χ2n) is 10.9. The first-order chi connectivity index (χ1) is 19.4. The van der Waals surface area contributed by atoms with Crippen LogP contribution in [0.1, 0.15) is 47.7 Å². The van der Waals surface area contributed by atoms with Gasteiger partial charge in [0.25, 0.3) is 5.91 Å². The van der Waals surface area contributed by atoms with E-state index in [1.807, 2.05) is 6.07 Å². The van der Waals surface area contributed by atoms with Crippen molar-refractivity contribution >= 4 is 34.7 Å². The molecule has 2 aliphatic heterocycles. The smallest absolute Gasteiger partial charge is 0.317 e. The lowest BCUT2D eigenvalue weighted by atomic mass is 9.89. The van der Waals surface area contributed by atoms with Crippen molar-refractivity contribution < 1.29 is 9.59 Å². The Morgan fingerprint density at radius 3 is 2.33 bits per heavy atom. The van der Waals surface area contributed by atoms with Crippen molar-refractivity contribution in [1.82, 2.24) is 15.2 Å². The molecule has 0 radical (unpaired) electrons. The number of urea groups is 1. The average molecular weight is 542 g/mol. The van der Waals surface area contributed by atoms with Crippen molar-refractivity contribution in [3.05, 3.63) is 78.1 Å². The van der Waals surface area contributed by atoms with Crippen LogP contribution in [-0.2, 0) is 0 Å². The van der Waals surface area contributed by atoms with Crippen LogP contribution in [0.3, 0.4) is 0 Å².